The molecule has 0 saturated heterocycles. The van der Waals surface area contributed by atoms with Gasteiger partial charge in [-0.2, -0.15) is 18.4 Å². The minimum absolute atomic E-state index is 0.101. The molecule has 0 heterocycles. The van der Waals surface area contributed by atoms with Crippen molar-refractivity contribution in [3.63, 3.8) is 0 Å². The molecule has 0 saturated carbocycles. The number of rotatable bonds is 7. The summed E-state index contributed by atoms with van der Waals surface area (Å²) in [6.07, 6.45) is -3.30. The highest BCUT2D eigenvalue weighted by molar-refractivity contribution is 9.11. The lowest BCUT2D eigenvalue weighted by Gasteiger charge is -2.13. The molecule has 0 bridgehead atoms. The van der Waals surface area contributed by atoms with Crippen LogP contribution in [0.2, 0.25) is 0 Å². The number of aryl methyl sites for hydroxylation is 1. The molecule has 11 heteroatoms. The molecule has 0 aliphatic carbocycles. The maximum Gasteiger partial charge on any atom is 0.416 e. The zero-order valence-corrected chi connectivity index (χ0v) is 23.2. The molecule has 0 aromatic heterocycles. The van der Waals surface area contributed by atoms with Crippen LogP contribution in [0.5, 0.6) is 5.75 Å². The number of halogens is 5. The number of anilines is 2. The van der Waals surface area contributed by atoms with Gasteiger partial charge in [-0.1, -0.05) is 18.2 Å². The van der Waals surface area contributed by atoms with Crippen molar-refractivity contribution in [2.75, 3.05) is 17.2 Å². The lowest BCUT2D eigenvalue weighted by atomic mass is 10.1. The van der Waals surface area contributed by atoms with Crippen molar-refractivity contribution in [1.29, 1.82) is 5.26 Å². The number of ether oxygens (including phenoxy) is 1. The third-order valence-electron chi connectivity index (χ3n) is 5.37. The molecule has 3 rings (SSSR count). The number of hydrogen-bond donors (Lipinski definition) is 2. The number of nitriles is 1. The van der Waals surface area contributed by atoms with Crippen LogP contribution in [0.1, 0.15) is 22.3 Å². The van der Waals surface area contributed by atoms with Gasteiger partial charge in [-0.3, -0.25) is 9.59 Å². The van der Waals surface area contributed by atoms with Crippen LogP contribution in [-0.2, 0) is 15.8 Å². The quantitative estimate of drug-likeness (QED) is 0.206. The number of nitrogens with zero attached hydrogens (tertiary/aromatic N) is 1. The average Bonchev–Trinajstić information content (AvgIpc) is 2.84. The normalized spacial score (nSPS) is 11.5. The minimum atomic E-state index is -4.57. The molecule has 0 aliphatic heterocycles. The summed E-state index contributed by atoms with van der Waals surface area (Å²) < 4.78 is 45.3. The second-order valence-corrected chi connectivity index (χ2v) is 9.81. The number of carbonyl (C=O) groups is 2. The predicted octanol–water partition coefficient (Wildman–Crippen LogP) is 7.41. The molecule has 2 N–H and O–H groups in total. The van der Waals surface area contributed by atoms with Crippen molar-refractivity contribution in [3.05, 3.63) is 91.4 Å². The van der Waals surface area contributed by atoms with Crippen LogP contribution in [0.25, 0.3) is 6.08 Å². The Labute approximate surface area is 233 Å². The van der Waals surface area contributed by atoms with Gasteiger partial charge in [0.2, 0.25) is 0 Å². The number of benzene rings is 3. The Morgan fingerprint density at radius 1 is 1.03 bits per heavy atom. The standard InChI is InChI=1S/C27H20Br2F3N3O3/c1-15-5-3-8-23(16(15)2)35-24(36)14-38-25-21(28)10-17(11-22(25)29)9-18(13-33)26(37)34-20-7-4-6-19(12-20)27(30,31)32/h3-12H,14H2,1-2H3,(H,34,37)(H,35,36)/b18-9+. The molecular weight excluding hydrogens is 631 g/mol. The first-order valence-corrected chi connectivity index (χ1v) is 12.6. The number of carbonyl (C=O) groups excluding carboxylic acids is 2. The van der Waals surface area contributed by atoms with Crippen molar-refractivity contribution in [3.8, 4) is 11.8 Å². The van der Waals surface area contributed by atoms with Gasteiger partial charge < -0.3 is 15.4 Å². The van der Waals surface area contributed by atoms with Crippen molar-refractivity contribution in [1.82, 2.24) is 0 Å². The molecular formula is C27H20Br2F3N3O3. The van der Waals surface area contributed by atoms with Crippen molar-refractivity contribution < 1.29 is 27.5 Å². The van der Waals surface area contributed by atoms with E-state index in [1.165, 1.54) is 12.1 Å². The van der Waals surface area contributed by atoms with Gasteiger partial charge in [0.15, 0.2) is 6.61 Å². The van der Waals surface area contributed by atoms with E-state index in [1.807, 2.05) is 26.0 Å². The van der Waals surface area contributed by atoms with E-state index in [0.29, 0.717) is 25.9 Å². The molecule has 0 unspecified atom stereocenters. The van der Waals surface area contributed by atoms with E-state index in [-0.39, 0.29) is 23.8 Å². The fourth-order valence-corrected chi connectivity index (χ4v) is 4.75. The SMILES string of the molecule is Cc1cccc(NC(=O)COc2c(Br)cc(/C=C(\C#N)C(=O)Nc3cccc(C(F)(F)F)c3)cc2Br)c1C. The number of hydrogen-bond acceptors (Lipinski definition) is 4. The van der Waals surface area contributed by atoms with E-state index >= 15 is 0 Å². The van der Waals surface area contributed by atoms with Gasteiger partial charge in [0.05, 0.1) is 14.5 Å². The third-order valence-corrected chi connectivity index (χ3v) is 6.55. The van der Waals surface area contributed by atoms with Crippen LogP contribution < -0.4 is 15.4 Å². The Morgan fingerprint density at radius 3 is 2.32 bits per heavy atom. The van der Waals surface area contributed by atoms with Gasteiger partial charge in [-0.15, -0.1) is 0 Å². The van der Waals surface area contributed by atoms with Crippen molar-refractivity contribution in [2.45, 2.75) is 20.0 Å². The third kappa shape index (κ3) is 7.46. The maximum atomic E-state index is 12.9. The smallest absolute Gasteiger partial charge is 0.416 e. The average molecular weight is 651 g/mol. The lowest BCUT2D eigenvalue weighted by molar-refractivity contribution is -0.137. The maximum absolute atomic E-state index is 12.9. The summed E-state index contributed by atoms with van der Waals surface area (Å²) in [4.78, 5) is 24.9. The first-order valence-electron chi connectivity index (χ1n) is 11.0. The van der Waals surface area contributed by atoms with Gasteiger partial charge in [-0.25, -0.2) is 0 Å². The first kappa shape index (κ1) is 28.9. The van der Waals surface area contributed by atoms with E-state index in [1.54, 1.807) is 24.3 Å². The molecule has 2 amide bonds. The van der Waals surface area contributed by atoms with Gasteiger partial charge in [-0.05, 0) is 105 Å². The molecule has 0 aliphatic rings. The zero-order chi connectivity index (χ0) is 28.0. The molecule has 0 fully saturated rings. The summed E-state index contributed by atoms with van der Waals surface area (Å²) in [6.45, 7) is 3.57. The second kappa shape index (κ2) is 12.3. The van der Waals surface area contributed by atoms with Crippen molar-refractivity contribution in [2.24, 2.45) is 0 Å². The fraction of sp³-hybridized carbons (Fsp3) is 0.148. The summed E-state index contributed by atoms with van der Waals surface area (Å²) in [7, 11) is 0. The molecule has 6 nitrogen and oxygen atoms in total. The van der Waals surface area contributed by atoms with Gasteiger partial charge in [0.1, 0.15) is 17.4 Å². The lowest BCUT2D eigenvalue weighted by Crippen LogP contribution is -2.21. The van der Waals surface area contributed by atoms with Crippen molar-refractivity contribution >= 4 is 61.1 Å². The summed E-state index contributed by atoms with van der Waals surface area (Å²) >= 11 is 6.72. The summed E-state index contributed by atoms with van der Waals surface area (Å²) in [5.74, 6) is -0.910. The molecule has 3 aromatic carbocycles. The van der Waals surface area contributed by atoms with Gasteiger partial charge >= 0.3 is 6.18 Å². The van der Waals surface area contributed by atoms with Crippen LogP contribution in [0.4, 0.5) is 24.5 Å². The number of alkyl halides is 3. The molecule has 196 valence electrons. The Kier molecular flexibility index (Phi) is 9.36. The summed E-state index contributed by atoms with van der Waals surface area (Å²) in [6, 6.07) is 14.6. The topological polar surface area (TPSA) is 91.2 Å². The van der Waals surface area contributed by atoms with Gasteiger partial charge in [0, 0.05) is 11.4 Å². The van der Waals surface area contributed by atoms with Crippen LogP contribution in [-0.4, -0.2) is 18.4 Å². The van der Waals surface area contributed by atoms with E-state index in [4.69, 9.17) is 4.74 Å². The molecule has 38 heavy (non-hydrogen) atoms. The number of nitrogens with one attached hydrogen (secondary N) is 2. The zero-order valence-electron chi connectivity index (χ0n) is 20.0. The van der Waals surface area contributed by atoms with E-state index < -0.39 is 17.6 Å². The van der Waals surface area contributed by atoms with Gasteiger partial charge in [0.25, 0.3) is 11.8 Å². The van der Waals surface area contributed by atoms with E-state index in [0.717, 1.165) is 29.3 Å². The first-order chi connectivity index (χ1) is 17.9. The fourth-order valence-electron chi connectivity index (χ4n) is 3.30. The van der Waals surface area contributed by atoms with Crippen LogP contribution in [0.15, 0.2) is 69.1 Å². The highest BCUT2D eigenvalue weighted by atomic mass is 79.9. The monoisotopic (exact) mass is 649 g/mol. The second-order valence-electron chi connectivity index (χ2n) is 8.10. The van der Waals surface area contributed by atoms with Crippen LogP contribution in [0, 0.1) is 25.2 Å². The van der Waals surface area contributed by atoms with Crippen LogP contribution >= 0.6 is 31.9 Å². The Hall–Kier alpha value is -3.62. The largest absolute Gasteiger partial charge is 0.481 e. The Bertz CT molecular complexity index is 1440. The Balaban J connectivity index is 1.71. The van der Waals surface area contributed by atoms with Crippen LogP contribution in [0.3, 0.4) is 0 Å². The molecule has 0 radical (unpaired) electrons. The summed E-state index contributed by atoms with van der Waals surface area (Å²) in [5.41, 5.74) is 1.74. The van der Waals surface area contributed by atoms with E-state index in [2.05, 4.69) is 42.5 Å². The minimum Gasteiger partial charge on any atom is -0.481 e. The molecule has 0 atom stereocenters. The predicted molar refractivity (Wildman–Crippen MR) is 146 cm³/mol. The Morgan fingerprint density at radius 2 is 1.68 bits per heavy atom. The van der Waals surface area contributed by atoms with E-state index in [9.17, 15) is 28.0 Å². The highest BCUT2D eigenvalue weighted by Crippen LogP contribution is 2.36. The summed E-state index contributed by atoms with van der Waals surface area (Å²) in [5, 5.41) is 14.6. The number of amides is 2. The molecule has 0 spiro atoms. The molecule has 3 aromatic rings. The highest BCUT2D eigenvalue weighted by Gasteiger charge is 2.30.